The number of nitrogens with zero attached hydrogens (tertiary/aromatic N) is 1. The number of rotatable bonds is 3. The molecule has 1 aromatic heterocycles. The summed E-state index contributed by atoms with van der Waals surface area (Å²) in [6, 6.07) is 12.6. The fourth-order valence-corrected chi connectivity index (χ4v) is 1.65. The van der Waals surface area contributed by atoms with Crippen molar-refractivity contribution in [2.75, 3.05) is 7.05 Å². The second-order valence-corrected chi connectivity index (χ2v) is 3.55. The van der Waals surface area contributed by atoms with Crippen molar-refractivity contribution in [3.63, 3.8) is 0 Å². The number of hydrogen-bond donors (Lipinski definition) is 1. The average Bonchev–Trinajstić information content (AvgIpc) is 2.31. The number of benzene rings is 1. The zero-order valence-corrected chi connectivity index (χ0v) is 8.85. The number of pyridine rings is 1. The molecule has 2 rings (SSSR count). The third kappa shape index (κ3) is 2.42. The van der Waals surface area contributed by atoms with Crippen molar-refractivity contribution < 1.29 is 5.32 Å². The van der Waals surface area contributed by atoms with Gasteiger partial charge in [0.15, 0.2) is 0 Å². The largest absolute Gasteiger partial charge is 0.345 e. The molecule has 0 aliphatic rings. The molecule has 0 aliphatic heterocycles. The van der Waals surface area contributed by atoms with Gasteiger partial charge in [0.2, 0.25) is 0 Å². The van der Waals surface area contributed by atoms with Crippen molar-refractivity contribution in [2.45, 2.75) is 6.54 Å². The number of quaternary nitrogens is 1. The lowest BCUT2D eigenvalue weighted by atomic mass is 10.1. The zero-order chi connectivity index (χ0) is 10.5. The molecule has 0 aliphatic carbocycles. The third-order valence-electron chi connectivity index (χ3n) is 2.36. The second kappa shape index (κ2) is 4.71. The van der Waals surface area contributed by atoms with Crippen LogP contribution in [0, 0.1) is 0 Å². The Morgan fingerprint density at radius 3 is 2.73 bits per heavy atom. The van der Waals surface area contributed by atoms with Gasteiger partial charge in [-0.2, -0.15) is 0 Å². The van der Waals surface area contributed by atoms with E-state index < -0.39 is 0 Å². The van der Waals surface area contributed by atoms with E-state index in [1.165, 1.54) is 16.7 Å². The minimum Gasteiger partial charge on any atom is -0.345 e. The highest BCUT2D eigenvalue weighted by Crippen LogP contribution is 2.18. The molecule has 0 bridgehead atoms. The third-order valence-corrected chi connectivity index (χ3v) is 2.36. The highest BCUT2D eigenvalue weighted by molar-refractivity contribution is 5.62. The summed E-state index contributed by atoms with van der Waals surface area (Å²) >= 11 is 0. The van der Waals surface area contributed by atoms with Crippen molar-refractivity contribution >= 4 is 0 Å². The lowest BCUT2D eigenvalue weighted by Crippen LogP contribution is -2.77. The van der Waals surface area contributed by atoms with E-state index in [1.807, 2.05) is 12.3 Å². The van der Waals surface area contributed by atoms with E-state index in [9.17, 15) is 0 Å². The molecule has 1 aromatic carbocycles. The molecule has 0 spiro atoms. The van der Waals surface area contributed by atoms with E-state index in [1.54, 1.807) is 6.20 Å². The molecule has 76 valence electrons. The molecule has 0 unspecified atom stereocenters. The van der Waals surface area contributed by atoms with Crippen LogP contribution in [0.15, 0.2) is 48.8 Å². The molecule has 15 heavy (non-hydrogen) atoms. The maximum Gasteiger partial charge on any atom is 0.101 e. The van der Waals surface area contributed by atoms with E-state index in [-0.39, 0.29) is 0 Å². The molecule has 2 heteroatoms. The highest BCUT2D eigenvalue weighted by atomic mass is 14.8. The average molecular weight is 199 g/mol. The molecular formula is C13H15N2+. The standard InChI is InChI=1S/C13H14N2/c1-14-9-11-4-2-5-12(8-11)13-6-3-7-15-10-13/h2-8,10,14H,9H2,1H3/p+1. The van der Waals surface area contributed by atoms with Gasteiger partial charge in [-0.3, -0.25) is 4.98 Å². The van der Waals surface area contributed by atoms with Crippen LogP contribution in [-0.2, 0) is 6.54 Å². The Bertz CT molecular complexity index is 424. The van der Waals surface area contributed by atoms with Crippen molar-refractivity contribution in [1.29, 1.82) is 0 Å². The van der Waals surface area contributed by atoms with Crippen molar-refractivity contribution in [1.82, 2.24) is 4.98 Å². The molecule has 0 fully saturated rings. The smallest absolute Gasteiger partial charge is 0.101 e. The van der Waals surface area contributed by atoms with Gasteiger partial charge in [-0.05, 0) is 23.3 Å². The predicted molar refractivity (Wildman–Crippen MR) is 61.2 cm³/mol. The molecule has 2 N–H and O–H groups in total. The second-order valence-electron chi connectivity index (χ2n) is 3.55. The summed E-state index contributed by atoms with van der Waals surface area (Å²) in [6.45, 7) is 1.02. The van der Waals surface area contributed by atoms with Crippen LogP contribution in [0.3, 0.4) is 0 Å². The predicted octanol–water partition coefficient (Wildman–Crippen LogP) is 1.44. The number of nitrogens with two attached hydrogens (primary N) is 1. The lowest BCUT2D eigenvalue weighted by Gasteiger charge is -2.03. The quantitative estimate of drug-likeness (QED) is 0.796. The van der Waals surface area contributed by atoms with Crippen LogP contribution in [0.1, 0.15) is 5.56 Å². The summed E-state index contributed by atoms with van der Waals surface area (Å²) in [6.07, 6.45) is 3.70. The van der Waals surface area contributed by atoms with Gasteiger partial charge in [0.05, 0.1) is 7.05 Å². The first kappa shape index (κ1) is 9.87. The fourth-order valence-electron chi connectivity index (χ4n) is 1.65. The molecule has 0 saturated carbocycles. The minimum absolute atomic E-state index is 1.02. The molecule has 0 atom stereocenters. The molecule has 1 heterocycles. The van der Waals surface area contributed by atoms with E-state index in [2.05, 4.69) is 47.7 Å². The van der Waals surface area contributed by atoms with Crippen LogP contribution in [0.25, 0.3) is 11.1 Å². The van der Waals surface area contributed by atoms with E-state index in [4.69, 9.17) is 0 Å². The zero-order valence-electron chi connectivity index (χ0n) is 8.85. The lowest BCUT2D eigenvalue weighted by molar-refractivity contribution is -0.643. The fraction of sp³-hybridized carbons (Fsp3) is 0.154. The SMILES string of the molecule is C[NH2+]Cc1cccc(-c2cccnc2)c1. The first-order valence-electron chi connectivity index (χ1n) is 5.17. The van der Waals surface area contributed by atoms with Gasteiger partial charge in [-0.1, -0.05) is 24.3 Å². The summed E-state index contributed by atoms with van der Waals surface area (Å²) in [4.78, 5) is 4.13. The van der Waals surface area contributed by atoms with Gasteiger partial charge in [-0.15, -0.1) is 0 Å². The van der Waals surface area contributed by atoms with Crippen LogP contribution in [-0.4, -0.2) is 12.0 Å². The first-order chi connectivity index (χ1) is 7.40. The highest BCUT2D eigenvalue weighted by Gasteiger charge is 1.99. The Morgan fingerprint density at radius 1 is 1.13 bits per heavy atom. The Morgan fingerprint density at radius 2 is 2.00 bits per heavy atom. The summed E-state index contributed by atoms with van der Waals surface area (Å²) in [5.74, 6) is 0. The summed E-state index contributed by atoms with van der Waals surface area (Å²) in [5, 5.41) is 2.17. The van der Waals surface area contributed by atoms with Crippen LogP contribution in [0.5, 0.6) is 0 Å². The molecule has 0 saturated heterocycles. The summed E-state index contributed by atoms with van der Waals surface area (Å²) in [5.41, 5.74) is 3.76. The van der Waals surface area contributed by atoms with Gasteiger partial charge >= 0.3 is 0 Å². The molecule has 0 amide bonds. The van der Waals surface area contributed by atoms with Crippen molar-refractivity contribution in [3.05, 3.63) is 54.4 Å². The van der Waals surface area contributed by atoms with Crippen LogP contribution in [0.4, 0.5) is 0 Å². The van der Waals surface area contributed by atoms with Crippen LogP contribution < -0.4 is 5.32 Å². The van der Waals surface area contributed by atoms with E-state index in [0.717, 1.165) is 6.54 Å². The normalized spacial score (nSPS) is 10.2. The number of hydrogen-bond acceptors (Lipinski definition) is 1. The van der Waals surface area contributed by atoms with Gasteiger partial charge in [0.1, 0.15) is 6.54 Å². The number of aromatic nitrogens is 1. The van der Waals surface area contributed by atoms with Crippen LogP contribution in [0.2, 0.25) is 0 Å². The first-order valence-corrected chi connectivity index (χ1v) is 5.17. The Labute approximate surface area is 90.0 Å². The molecule has 0 radical (unpaired) electrons. The van der Waals surface area contributed by atoms with Gasteiger partial charge in [0.25, 0.3) is 0 Å². The Balaban J connectivity index is 2.33. The Kier molecular flexibility index (Phi) is 3.10. The molecule has 2 nitrogen and oxygen atoms in total. The van der Waals surface area contributed by atoms with E-state index in [0.29, 0.717) is 0 Å². The molecular weight excluding hydrogens is 184 g/mol. The topological polar surface area (TPSA) is 29.5 Å². The summed E-state index contributed by atoms with van der Waals surface area (Å²) < 4.78 is 0. The maximum atomic E-state index is 4.13. The van der Waals surface area contributed by atoms with Crippen molar-refractivity contribution in [2.24, 2.45) is 0 Å². The molecule has 2 aromatic rings. The summed E-state index contributed by atoms with van der Waals surface area (Å²) in [7, 11) is 2.08. The monoisotopic (exact) mass is 199 g/mol. The minimum atomic E-state index is 1.02. The Hall–Kier alpha value is -1.67. The van der Waals surface area contributed by atoms with Crippen LogP contribution >= 0.6 is 0 Å². The van der Waals surface area contributed by atoms with Gasteiger partial charge in [0, 0.05) is 18.0 Å². The van der Waals surface area contributed by atoms with Crippen molar-refractivity contribution in [3.8, 4) is 11.1 Å². The maximum absolute atomic E-state index is 4.13. The van der Waals surface area contributed by atoms with E-state index >= 15 is 0 Å². The van der Waals surface area contributed by atoms with Gasteiger partial charge in [-0.25, -0.2) is 0 Å². The van der Waals surface area contributed by atoms with Gasteiger partial charge < -0.3 is 5.32 Å².